The number of nitrogens with zero attached hydrogens (tertiary/aromatic N) is 2. The number of aromatic carboxylic acids is 1. The topological polar surface area (TPSA) is 91.8 Å². The summed E-state index contributed by atoms with van der Waals surface area (Å²) >= 11 is 1.17. The number of carbonyl (C=O) groups is 2. The monoisotopic (exact) mass is 579 g/mol. The van der Waals surface area contributed by atoms with Crippen LogP contribution in [0.15, 0.2) is 24.5 Å². The number of carboxylic acids is 1. The molecule has 2 aromatic rings. The third-order valence-electron chi connectivity index (χ3n) is 7.81. The van der Waals surface area contributed by atoms with E-state index < -0.39 is 5.97 Å². The highest BCUT2D eigenvalue weighted by Gasteiger charge is 2.37. The fourth-order valence-corrected chi connectivity index (χ4v) is 6.57. The van der Waals surface area contributed by atoms with Gasteiger partial charge in [-0.05, 0) is 98.0 Å². The first-order valence-corrected chi connectivity index (χ1v) is 15.8. The maximum Gasteiger partial charge on any atom is 0.348 e. The molecule has 2 aliphatic carbocycles. The Bertz CT molecular complexity index is 1270. The summed E-state index contributed by atoms with van der Waals surface area (Å²) in [5.74, 6) is 6.72. The van der Waals surface area contributed by atoms with Gasteiger partial charge in [-0.3, -0.25) is 9.78 Å². The molecular weight excluding hydrogens is 534 g/mol. The summed E-state index contributed by atoms with van der Waals surface area (Å²) in [6.07, 6.45) is 10.4. The average molecular weight is 580 g/mol. The molecule has 0 spiro atoms. The van der Waals surface area contributed by atoms with Crippen molar-refractivity contribution in [2.24, 2.45) is 17.3 Å². The highest BCUT2D eigenvalue weighted by atomic mass is 32.1. The number of nitrogens with one attached hydrogen (secondary N) is 1. The van der Waals surface area contributed by atoms with Crippen molar-refractivity contribution in [2.45, 2.75) is 111 Å². The van der Waals surface area contributed by atoms with Gasteiger partial charge in [0.25, 0.3) is 0 Å². The molecule has 7 nitrogen and oxygen atoms in total. The lowest BCUT2D eigenvalue weighted by Crippen LogP contribution is -2.47. The first kappa shape index (κ1) is 30.9. The number of carboxylic acid groups (broad SMARTS) is 1. The van der Waals surface area contributed by atoms with E-state index in [1.807, 2.05) is 37.8 Å². The van der Waals surface area contributed by atoms with Crippen LogP contribution in [0, 0.1) is 29.1 Å². The molecule has 0 saturated heterocycles. The highest BCUT2D eigenvalue weighted by molar-refractivity contribution is 7.15. The lowest BCUT2D eigenvalue weighted by Gasteiger charge is -2.39. The van der Waals surface area contributed by atoms with Crippen LogP contribution in [0.25, 0.3) is 0 Å². The van der Waals surface area contributed by atoms with Gasteiger partial charge in [0.1, 0.15) is 10.6 Å². The Hall–Kier alpha value is -3.05. The number of anilines is 2. The van der Waals surface area contributed by atoms with Crippen molar-refractivity contribution < 1.29 is 19.4 Å². The smallest absolute Gasteiger partial charge is 0.348 e. The van der Waals surface area contributed by atoms with Crippen LogP contribution in [0.4, 0.5) is 11.4 Å². The standard InChI is InChI=1S/C33H45N3O4S/c1-21(2)35-24-17-27(20-34-19-24)40-26-13-11-25(12-14-26)36(31(37)23-9-7-22(3)8-10-23)29-18-28(15-16-33(4,5)6)41-30(29)32(38)39/h17-23,25-26,35H,7-14H2,1-6H3,(H,38,39)/t22-,23-,25-,26-. The van der Waals surface area contributed by atoms with Crippen LogP contribution >= 0.6 is 11.3 Å². The quantitative estimate of drug-likeness (QED) is 0.313. The summed E-state index contributed by atoms with van der Waals surface area (Å²) in [5, 5.41) is 13.5. The fraction of sp³-hybridized carbons (Fsp3) is 0.606. The number of rotatable bonds is 8. The third kappa shape index (κ3) is 8.48. The molecule has 41 heavy (non-hydrogen) atoms. The molecule has 8 heteroatoms. The number of hydrogen-bond acceptors (Lipinski definition) is 6. The summed E-state index contributed by atoms with van der Waals surface area (Å²) in [5.41, 5.74) is 1.22. The van der Waals surface area contributed by atoms with Crippen molar-refractivity contribution in [3.05, 3.63) is 34.3 Å². The second-order valence-corrected chi connectivity index (χ2v) is 14.1. The minimum absolute atomic E-state index is 0.0180. The molecule has 2 heterocycles. The van der Waals surface area contributed by atoms with Crippen LogP contribution in [-0.4, -0.2) is 40.2 Å². The van der Waals surface area contributed by atoms with Gasteiger partial charge in [0, 0.05) is 29.5 Å². The molecule has 222 valence electrons. The zero-order chi connectivity index (χ0) is 29.7. The molecule has 4 rings (SSSR count). The Morgan fingerprint density at radius 2 is 1.76 bits per heavy atom. The molecule has 0 aliphatic heterocycles. The number of aromatic nitrogens is 1. The third-order valence-corrected chi connectivity index (χ3v) is 8.84. The molecule has 0 bridgehead atoms. The van der Waals surface area contributed by atoms with Gasteiger partial charge in [-0.25, -0.2) is 4.79 Å². The summed E-state index contributed by atoms with van der Waals surface area (Å²) in [6, 6.07) is 4.03. The summed E-state index contributed by atoms with van der Waals surface area (Å²) in [7, 11) is 0. The molecule has 1 amide bonds. The molecule has 0 atom stereocenters. The van der Waals surface area contributed by atoms with Gasteiger partial charge < -0.3 is 20.1 Å². The zero-order valence-electron chi connectivity index (χ0n) is 25.3. The van der Waals surface area contributed by atoms with E-state index in [9.17, 15) is 14.7 Å². The van der Waals surface area contributed by atoms with Crippen molar-refractivity contribution in [3.8, 4) is 17.6 Å². The van der Waals surface area contributed by atoms with Crippen LogP contribution in [0.1, 0.15) is 107 Å². The highest BCUT2D eigenvalue weighted by Crippen LogP contribution is 2.39. The molecule has 2 saturated carbocycles. The van der Waals surface area contributed by atoms with E-state index in [4.69, 9.17) is 4.74 Å². The van der Waals surface area contributed by atoms with Gasteiger partial charge in [-0.1, -0.05) is 18.8 Å². The minimum Gasteiger partial charge on any atom is -0.489 e. The lowest BCUT2D eigenvalue weighted by atomic mass is 9.81. The molecule has 2 aromatic heterocycles. The van der Waals surface area contributed by atoms with Gasteiger partial charge in [0.2, 0.25) is 5.91 Å². The largest absolute Gasteiger partial charge is 0.489 e. The zero-order valence-corrected chi connectivity index (χ0v) is 26.1. The van der Waals surface area contributed by atoms with Crippen molar-refractivity contribution in [1.82, 2.24) is 4.98 Å². The van der Waals surface area contributed by atoms with Crippen LogP contribution in [0.3, 0.4) is 0 Å². The molecule has 2 fully saturated rings. The molecule has 2 N–H and O–H groups in total. The second-order valence-electron chi connectivity index (χ2n) is 13.1. The number of ether oxygens (including phenoxy) is 1. The van der Waals surface area contributed by atoms with Crippen molar-refractivity contribution in [1.29, 1.82) is 0 Å². The van der Waals surface area contributed by atoms with Gasteiger partial charge in [-0.15, -0.1) is 11.3 Å². The van der Waals surface area contributed by atoms with Gasteiger partial charge in [-0.2, -0.15) is 0 Å². The number of thiophene rings is 1. The predicted molar refractivity (Wildman–Crippen MR) is 166 cm³/mol. The number of amides is 1. The van der Waals surface area contributed by atoms with E-state index in [-0.39, 0.29) is 34.3 Å². The maximum atomic E-state index is 14.2. The lowest BCUT2D eigenvalue weighted by molar-refractivity contribution is -0.124. The van der Waals surface area contributed by atoms with E-state index in [0.717, 1.165) is 62.8 Å². The predicted octanol–water partition coefficient (Wildman–Crippen LogP) is 7.61. The fourth-order valence-electron chi connectivity index (χ4n) is 5.73. The van der Waals surface area contributed by atoms with Crippen LogP contribution in [0.5, 0.6) is 5.75 Å². The Morgan fingerprint density at radius 3 is 2.37 bits per heavy atom. The minimum atomic E-state index is -1.01. The number of pyridine rings is 1. The number of carbonyl (C=O) groups excluding carboxylic acids is 1. The molecule has 2 aliphatic rings. The van der Waals surface area contributed by atoms with Gasteiger partial charge >= 0.3 is 5.97 Å². The van der Waals surface area contributed by atoms with E-state index in [1.165, 1.54) is 11.3 Å². The molecule has 0 aromatic carbocycles. The van der Waals surface area contributed by atoms with Crippen molar-refractivity contribution in [3.63, 3.8) is 0 Å². The van der Waals surface area contributed by atoms with Crippen molar-refractivity contribution in [2.75, 3.05) is 10.2 Å². The second kappa shape index (κ2) is 13.3. The van der Waals surface area contributed by atoms with E-state index in [2.05, 4.69) is 42.9 Å². The average Bonchev–Trinajstić information content (AvgIpc) is 3.33. The first-order chi connectivity index (χ1) is 19.4. The molecule has 0 radical (unpaired) electrons. The van der Waals surface area contributed by atoms with Gasteiger partial charge in [0.05, 0.1) is 34.7 Å². The molecule has 0 unspecified atom stereocenters. The maximum absolute atomic E-state index is 14.2. The van der Waals surface area contributed by atoms with E-state index >= 15 is 0 Å². The van der Waals surface area contributed by atoms with Gasteiger partial charge in [0.15, 0.2) is 0 Å². The Kier molecular flexibility index (Phi) is 10.0. The van der Waals surface area contributed by atoms with E-state index in [0.29, 0.717) is 22.5 Å². The van der Waals surface area contributed by atoms with Crippen LogP contribution in [0.2, 0.25) is 0 Å². The van der Waals surface area contributed by atoms with Crippen LogP contribution < -0.4 is 15.0 Å². The van der Waals surface area contributed by atoms with Crippen LogP contribution in [-0.2, 0) is 4.79 Å². The summed E-state index contributed by atoms with van der Waals surface area (Å²) < 4.78 is 6.31. The Morgan fingerprint density at radius 1 is 1.07 bits per heavy atom. The normalized spacial score (nSPS) is 22.9. The SMILES string of the molecule is CC(C)Nc1cncc(O[C@H]2CC[C@H](N(c3cc(C#CC(C)(C)C)sc3C(=O)O)C(=O)[C@H]3CC[C@H](C)CC3)CC2)c1. The number of hydrogen-bond donors (Lipinski definition) is 2. The Labute approximate surface area is 249 Å². The summed E-state index contributed by atoms with van der Waals surface area (Å²) in [4.78, 5) is 33.6. The molecular formula is C33H45N3O4S. The first-order valence-electron chi connectivity index (χ1n) is 15.0. The Balaban J connectivity index is 1.57. The van der Waals surface area contributed by atoms with Crippen molar-refractivity contribution >= 4 is 34.6 Å². The van der Waals surface area contributed by atoms with E-state index in [1.54, 1.807) is 12.4 Å². The summed E-state index contributed by atoms with van der Waals surface area (Å²) in [6.45, 7) is 12.5.